The van der Waals surface area contributed by atoms with Crippen molar-refractivity contribution in [3.8, 4) is 0 Å². The van der Waals surface area contributed by atoms with Crippen LogP contribution in [0.3, 0.4) is 0 Å². The van der Waals surface area contributed by atoms with Gasteiger partial charge < -0.3 is 28.5 Å². The minimum absolute atomic E-state index is 0. The molecular formula is C21H44IN. The number of hydrogen-bond acceptors (Lipinski definition) is 0. The second-order valence-electron chi connectivity index (χ2n) is 8.09. The van der Waals surface area contributed by atoms with Crippen LogP contribution in [0.5, 0.6) is 0 Å². The van der Waals surface area contributed by atoms with Crippen LogP contribution in [0.15, 0.2) is 0 Å². The standard InChI is InChI=1S/C21H44N.HI/c1-3-4-5-6-7-8-9-10-11-12-13-14-16-19-22(2)20-17-15-18-21-22;/h3-21H2,1-2H3;1H/q+1;/p-1. The van der Waals surface area contributed by atoms with Crippen molar-refractivity contribution in [3.63, 3.8) is 0 Å². The van der Waals surface area contributed by atoms with Crippen molar-refractivity contribution >= 4 is 0 Å². The second kappa shape index (κ2) is 16.2. The van der Waals surface area contributed by atoms with Crippen molar-refractivity contribution in [1.82, 2.24) is 0 Å². The molecule has 1 nitrogen and oxygen atoms in total. The molecule has 1 saturated heterocycles. The van der Waals surface area contributed by atoms with Crippen molar-refractivity contribution in [1.29, 1.82) is 0 Å². The lowest BCUT2D eigenvalue weighted by Gasteiger charge is -2.37. The van der Waals surface area contributed by atoms with Gasteiger partial charge >= 0.3 is 0 Å². The highest BCUT2D eigenvalue weighted by atomic mass is 127. The lowest BCUT2D eigenvalue weighted by molar-refractivity contribution is -0.914. The molecule has 1 heterocycles. The van der Waals surface area contributed by atoms with Crippen LogP contribution >= 0.6 is 0 Å². The van der Waals surface area contributed by atoms with E-state index >= 15 is 0 Å². The maximum Gasteiger partial charge on any atom is 0.0784 e. The summed E-state index contributed by atoms with van der Waals surface area (Å²) in [6.45, 7) is 6.63. The molecule has 2 heteroatoms. The Morgan fingerprint density at radius 3 is 1.39 bits per heavy atom. The summed E-state index contributed by atoms with van der Waals surface area (Å²) in [5.41, 5.74) is 0. The summed E-state index contributed by atoms with van der Waals surface area (Å²) in [6.07, 6.45) is 23.5. The van der Waals surface area contributed by atoms with Crippen LogP contribution in [0, 0.1) is 0 Å². The molecule has 140 valence electrons. The Balaban J connectivity index is 0.00000484. The molecule has 0 unspecified atom stereocenters. The molecule has 0 aromatic carbocycles. The minimum atomic E-state index is 0. The third kappa shape index (κ3) is 13.6. The van der Waals surface area contributed by atoms with Gasteiger partial charge in [-0.05, 0) is 32.1 Å². The van der Waals surface area contributed by atoms with Crippen LogP contribution in [-0.4, -0.2) is 31.2 Å². The fraction of sp³-hybridized carbons (Fsp3) is 1.00. The summed E-state index contributed by atoms with van der Waals surface area (Å²) in [6, 6.07) is 0. The third-order valence-electron chi connectivity index (χ3n) is 5.70. The van der Waals surface area contributed by atoms with Gasteiger partial charge in [-0.25, -0.2) is 0 Å². The van der Waals surface area contributed by atoms with E-state index in [2.05, 4.69) is 14.0 Å². The van der Waals surface area contributed by atoms with Gasteiger partial charge in [0.25, 0.3) is 0 Å². The predicted molar refractivity (Wildman–Crippen MR) is 100 cm³/mol. The molecule has 1 rings (SSSR count). The fourth-order valence-electron chi connectivity index (χ4n) is 4.01. The lowest BCUT2D eigenvalue weighted by atomic mass is 10.0. The predicted octanol–water partition coefficient (Wildman–Crippen LogP) is 3.71. The van der Waals surface area contributed by atoms with Gasteiger partial charge in [-0.15, -0.1) is 0 Å². The highest BCUT2D eigenvalue weighted by Crippen LogP contribution is 2.18. The number of likely N-dealkylation sites (tertiary alicyclic amines) is 1. The third-order valence-corrected chi connectivity index (χ3v) is 5.70. The smallest absolute Gasteiger partial charge is 0.0784 e. The number of halogens is 1. The molecule has 0 atom stereocenters. The van der Waals surface area contributed by atoms with Gasteiger partial charge in [-0.2, -0.15) is 0 Å². The zero-order valence-electron chi connectivity index (χ0n) is 16.3. The largest absolute Gasteiger partial charge is 1.00 e. The molecule has 0 aliphatic carbocycles. The molecule has 0 aromatic rings. The maximum absolute atomic E-state index is 2.49. The van der Waals surface area contributed by atoms with E-state index in [-0.39, 0.29) is 24.0 Å². The highest BCUT2D eigenvalue weighted by Gasteiger charge is 2.23. The van der Waals surface area contributed by atoms with Crippen LogP contribution in [0.2, 0.25) is 0 Å². The number of hydrogen-bond donors (Lipinski definition) is 0. The topological polar surface area (TPSA) is 0 Å². The Hall–Kier alpha value is 0.690. The van der Waals surface area contributed by atoms with Crippen LogP contribution in [0.25, 0.3) is 0 Å². The number of quaternary nitrogens is 1. The van der Waals surface area contributed by atoms with Crippen LogP contribution in [0.1, 0.15) is 110 Å². The fourth-order valence-corrected chi connectivity index (χ4v) is 4.01. The molecule has 1 aliphatic rings. The van der Waals surface area contributed by atoms with Gasteiger partial charge in [0.05, 0.1) is 26.7 Å². The van der Waals surface area contributed by atoms with E-state index in [1.54, 1.807) is 0 Å². The first-order valence-electron chi connectivity index (χ1n) is 10.6. The molecule has 0 saturated carbocycles. The number of nitrogens with zero attached hydrogens (tertiary/aromatic N) is 1. The Bertz CT molecular complexity index is 236. The maximum atomic E-state index is 2.49. The number of unbranched alkanes of at least 4 members (excludes halogenated alkanes) is 12. The molecule has 0 bridgehead atoms. The summed E-state index contributed by atoms with van der Waals surface area (Å²) >= 11 is 0. The van der Waals surface area contributed by atoms with Gasteiger partial charge in [-0.1, -0.05) is 77.6 Å². The quantitative estimate of drug-likeness (QED) is 0.221. The summed E-state index contributed by atoms with van der Waals surface area (Å²) < 4.78 is 1.37. The summed E-state index contributed by atoms with van der Waals surface area (Å²) in [5, 5.41) is 0. The van der Waals surface area contributed by atoms with Crippen molar-refractivity contribution in [2.45, 2.75) is 110 Å². The molecule has 0 amide bonds. The van der Waals surface area contributed by atoms with E-state index in [0.717, 1.165) is 0 Å². The zero-order valence-corrected chi connectivity index (χ0v) is 18.4. The van der Waals surface area contributed by atoms with Gasteiger partial charge in [0, 0.05) is 0 Å². The van der Waals surface area contributed by atoms with E-state index in [0.29, 0.717) is 0 Å². The minimum Gasteiger partial charge on any atom is -1.00 e. The zero-order chi connectivity index (χ0) is 15.9. The Morgan fingerprint density at radius 1 is 0.565 bits per heavy atom. The van der Waals surface area contributed by atoms with Gasteiger partial charge in [0.1, 0.15) is 0 Å². The van der Waals surface area contributed by atoms with Crippen molar-refractivity contribution < 1.29 is 28.5 Å². The molecule has 0 radical (unpaired) electrons. The summed E-state index contributed by atoms with van der Waals surface area (Å²) in [4.78, 5) is 0. The van der Waals surface area contributed by atoms with Crippen molar-refractivity contribution in [2.24, 2.45) is 0 Å². The first-order chi connectivity index (χ1) is 10.8. The van der Waals surface area contributed by atoms with Crippen molar-refractivity contribution in [3.05, 3.63) is 0 Å². The molecule has 1 aliphatic heterocycles. The number of rotatable bonds is 14. The van der Waals surface area contributed by atoms with Gasteiger partial charge in [-0.3, -0.25) is 0 Å². The Kier molecular flexibility index (Phi) is 16.7. The number of piperidine rings is 1. The normalized spacial score (nSPS) is 17.0. The van der Waals surface area contributed by atoms with E-state index in [1.165, 1.54) is 127 Å². The Labute approximate surface area is 164 Å². The molecule has 0 spiro atoms. The van der Waals surface area contributed by atoms with Crippen molar-refractivity contribution in [2.75, 3.05) is 26.7 Å². The van der Waals surface area contributed by atoms with E-state index < -0.39 is 0 Å². The lowest BCUT2D eigenvalue weighted by Crippen LogP contribution is -3.00. The van der Waals surface area contributed by atoms with E-state index in [9.17, 15) is 0 Å². The summed E-state index contributed by atoms with van der Waals surface area (Å²) in [7, 11) is 2.49. The first-order valence-corrected chi connectivity index (χ1v) is 10.6. The molecule has 0 N–H and O–H groups in total. The second-order valence-corrected chi connectivity index (χ2v) is 8.09. The van der Waals surface area contributed by atoms with E-state index in [4.69, 9.17) is 0 Å². The summed E-state index contributed by atoms with van der Waals surface area (Å²) in [5.74, 6) is 0. The van der Waals surface area contributed by atoms with Crippen LogP contribution in [0.4, 0.5) is 0 Å². The monoisotopic (exact) mass is 437 g/mol. The first kappa shape index (κ1) is 23.7. The van der Waals surface area contributed by atoms with Crippen LogP contribution < -0.4 is 24.0 Å². The average molecular weight is 437 g/mol. The van der Waals surface area contributed by atoms with Crippen LogP contribution in [-0.2, 0) is 0 Å². The average Bonchev–Trinajstić information content (AvgIpc) is 2.52. The molecular weight excluding hydrogens is 393 g/mol. The SMILES string of the molecule is CCCCCCCCCCCCCCC[N+]1(C)CCCCC1.[I-]. The molecule has 1 fully saturated rings. The highest BCUT2D eigenvalue weighted by molar-refractivity contribution is 4.53. The van der Waals surface area contributed by atoms with E-state index in [1.807, 2.05) is 0 Å². The van der Waals surface area contributed by atoms with Gasteiger partial charge in [0.15, 0.2) is 0 Å². The molecule has 0 aromatic heterocycles. The Morgan fingerprint density at radius 2 is 0.957 bits per heavy atom. The molecule has 23 heavy (non-hydrogen) atoms. The van der Waals surface area contributed by atoms with Gasteiger partial charge in [0.2, 0.25) is 0 Å².